The van der Waals surface area contributed by atoms with Crippen LogP contribution in [-0.2, 0) is 4.79 Å². The van der Waals surface area contributed by atoms with Crippen LogP contribution in [-0.4, -0.2) is 23.3 Å². The molecule has 0 aliphatic rings. The van der Waals surface area contributed by atoms with Crippen molar-refractivity contribution in [2.24, 2.45) is 0 Å². The first-order valence-corrected chi connectivity index (χ1v) is 4.38. The summed E-state index contributed by atoms with van der Waals surface area (Å²) in [7, 11) is 1.69. The van der Waals surface area contributed by atoms with Crippen LogP contribution in [0.3, 0.4) is 0 Å². The van der Waals surface area contributed by atoms with E-state index in [0.717, 1.165) is 5.69 Å². The number of amides is 1. The molecule has 0 spiro atoms. The molecule has 0 saturated heterocycles. The molecule has 1 heterocycles. The molecule has 0 fully saturated rings. The quantitative estimate of drug-likeness (QED) is 0.678. The second-order valence-corrected chi connectivity index (χ2v) is 3.37. The zero-order chi connectivity index (χ0) is 9.84. The third kappa shape index (κ3) is 2.42. The summed E-state index contributed by atoms with van der Waals surface area (Å²) < 4.78 is 0. The molecule has 0 N–H and O–H groups in total. The van der Waals surface area contributed by atoms with Crippen LogP contribution in [0.4, 0.5) is 5.69 Å². The molecule has 1 aromatic rings. The minimum atomic E-state index is -0.502. The Bertz CT molecular complexity index is 287. The van der Waals surface area contributed by atoms with Crippen molar-refractivity contribution in [3.05, 3.63) is 24.5 Å². The molecule has 1 amide bonds. The van der Waals surface area contributed by atoms with Gasteiger partial charge in [-0.2, -0.15) is 0 Å². The van der Waals surface area contributed by atoms with E-state index in [4.69, 9.17) is 11.6 Å². The molecule has 1 unspecified atom stereocenters. The van der Waals surface area contributed by atoms with Crippen molar-refractivity contribution in [3.8, 4) is 0 Å². The van der Waals surface area contributed by atoms with Crippen LogP contribution >= 0.6 is 11.6 Å². The van der Waals surface area contributed by atoms with E-state index in [9.17, 15) is 4.79 Å². The van der Waals surface area contributed by atoms with Crippen molar-refractivity contribution in [2.45, 2.75) is 12.3 Å². The van der Waals surface area contributed by atoms with Crippen LogP contribution in [0.2, 0.25) is 0 Å². The molecule has 0 saturated carbocycles. The lowest BCUT2D eigenvalue weighted by molar-refractivity contribution is -0.117. The molecule has 70 valence electrons. The second-order valence-electron chi connectivity index (χ2n) is 2.72. The number of alkyl halides is 1. The van der Waals surface area contributed by atoms with E-state index in [1.807, 2.05) is 0 Å². The fraction of sp³-hybridized carbons (Fsp3) is 0.333. The highest BCUT2D eigenvalue weighted by Crippen LogP contribution is 2.12. The monoisotopic (exact) mass is 198 g/mol. The van der Waals surface area contributed by atoms with Crippen LogP contribution in [0.1, 0.15) is 6.92 Å². The highest BCUT2D eigenvalue weighted by Gasteiger charge is 2.15. The molecule has 0 bridgehead atoms. The van der Waals surface area contributed by atoms with Crippen LogP contribution in [0.5, 0.6) is 0 Å². The Hall–Kier alpha value is -1.09. The fourth-order valence-corrected chi connectivity index (χ4v) is 1.11. The molecule has 1 aromatic heterocycles. The van der Waals surface area contributed by atoms with Gasteiger partial charge in [-0.05, 0) is 19.1 Å². The zero-order valence-corrected chi connectivity index (χ0v) is 8.32. The van der Waals surface area contributed by atoms with E-state index in [-0.39, 0.29) is 5.91 Å². The summed E-state index contributed by atoms with van der Waals surface area (Å²) in [6.07, 6.45) is 3.27. The van der Waals surface area contributed by atoms with Gasteiger partial charge in [-0.3, -0.25) is 9.78 Å². The molecule has 0 radical (unpaired) electrons. The molecule has 4 heteroatoms. The molecular weight excluding hydrogens is 188 g/mol. The number of nitrogens with zero attached hydrogens (tertiary/aromatic N) is 2. The minimum Gasteiger partial charge on any atom is -0.314 e. The minimum absolute atomic E-state index is 0.118. The van der Waals surface area contributed by atoms with E-state index in [1.165, 1.54) is 4.90 Å². The third-order valence-corrected chi connectivity index (χ3v) is 1.91. The van der Waals surface area contributed by atoms with Crippen molar-refractivity contribution in [2.75, 3.05) is 11.9 Å². The average Bonchev–Trinajstić information content (AvgIpc) is 2.17. The van der Waals surface area contributed by atoms with Crippen LogP contribution in [0.25, 0.3) is 0 Å². The molecule has 0 aromatic carbocycles. The number of hydrogen-bond donors (Lipinski definition) is 0. The van der Waals surface area contributed by atoms with Crippen molar-refractivity contribution in [3.63, 3.8) is 0 Å². The first-order valence-electron chi connectivity index (χ1n) is 3.94. The molecule has 13 heavy (non-hydrogen) atoms. The average molecular weight is 199 g/mol. The summed E-state index contributed by atoms with van der Waals surface area (Å²) in [6.45, 7) is 1.65. The molecule has 1 rings (SSSR count). The maximum absolute atomic E-state index is 11.4. The summed E-state index contributed by atoms with van der Waals surface area (Å²) in [6, 6.07) is 3.52. The van der Waals surface area contributed by atoms with Crippen molar-refractivity contribution in [1.29, 1.82) is 0 Å². The molecule has 0 aliphatic carbocycles. The summed E-state index contributed by atoms with van der Waals surface area (Å²) in [5.41, 5.74) is 0.799. The predicted molar refractivity (Wildman–Crippen MR) is 53.0 cm³/mol. The lowest BCUT2D eigenvalue weighted by atomic mass is 10.3. The molecule has 3 nitrogen and oxygen atoms in total. The topological polar surface area (TPSA) is 33.2 Å². The van der Waals surface area contributed by atoms with Gasteiger partial charge in [0.05, 0.1) is 0 Å². The first kappa shape index (κ1) is 9.99. The Morgan fingerprint density at radius 3 is 2.54 bits per heavy atom. The second kappa shape index (κ2) is 4.23. The van der Waals surface area contributed by atoms with Gasteiger partial charge >= 0.3 is 0 Å². The molecular formula is C9H11ClN2O. The predicted octanol–water partition coefficient (Wildman–Crippen LogP) is 1.67. The lowest BCUT2D eigenvalue weighted by Gasteiger charge is -2.17. The Balaban J connectivity index is 2.80. The van der Waals surface area contributed by atoms with E-state index in [0.29, 0.717) is 0 Å². The Kier molecular flexibility index (Phi) is 3.25. The molecule has 0 aliphatic heterocycles. The Labute approximate surface area is 82.3 Å². The Morgan fingerprint density at radius 2 is 2.08 bits per heavy atom. The van der Waals surface area contributed by atoms with Gasteiger partial charge in [0.1, 0.15) is 5.38 Å². The number of anilines is 1. The normalized spacial score (nSPS) is 12.2. The highest BCUT2D eigenvalue weighted by atomic mass is 35.5. The maximum atomic E-state index is 11.4. The largest absolute Gasteiger partial charge is 0.314 e. The third-order valence-electron chi connectivity index (χ3n) is 1.72. The number of halogens is 1. The van der Waals surface area contributed by atoms with Gasteiger partial charge in [-0.25, -0.2) is 0 Å². The Morgan fingerprint density at radius 1 is 1.54 bits per heavy atom. The smallest absolute Gasteiger partial charge is 0.244 e. The maximum Gasteiger partial charge on any atom is 0.244 e. The van der Waals surface area contributed by atoms with E-state index in [2.05, 4.69) is 4.98 Å². The van der Waals surface area contributed by atoms with Gasteiger partial charge in [-0.1, -0.05) is 0 Å². The lowest BCUT2D eigenvalue weighted by Crippen LogP contribution is -2.31. The van der Waals surface area contributed by atoms with Crippen LogP contribution in [0, 0.1) is 0 Å². The number of carbonyl (C=O) groups excluding carboxylic acids is 1. The van der Waals surface area contributed by atoms with E-state index >= 15 is 0 Å². The van der Waals surface area contributed by atoms with E-state index < -0.39 is 5.38 Å². The van der Waals surface area contributed by atoms with Crippen molar-refractivity contribution < 1.29 is 4.79 Å². The number of aromatic nitrogens is 1. The zero-order valence-electron chi connectivity index (χ0n) is 7.57. The van der Waals surface area contributed by atoms with Gasteiger partial charge in [-0.15, -0.1) is 11.6 Å². The summed E-state index contributed by atoms with van der Waals surface area (Å²) in [4.78, 5) is 16.8. The van der Waals surface area contributed by atoms with Gasteiger partial charge in [0.25, 0.3) is 0 Å². The SMILES string of the molecule is CC(Cl)C(=O)N(C)c1ccncc1. The van der Waals surface area contributed by atoms with Crippen molar-refractivity contribution >= 4 is 23.2 Å². The number of rotatable bonds is 2. The number of hydrogen-bond acceptors (Lipinski definition) is 2. The van der Waals surface area contributed by atoms with Gasteiger partial charge in [0.15, 0.2) is 0 Å². The number of pyridine rings is 1. The van der Waals surface area contributed by atoms with Gasteiger partial charge in [0, 0.05) is 25.1 Å². The molecule has 1 atom stereocenters. The van der Waals surface area contributed by atoms with Gasteiger partial charge in [0.2, 0.25) is 5.91 Å². The summed E-state index contributed by atoms with van der Waals surface area (Å²) in [5.74, 6) is -0.118. The number of carbonyl (C=O) groups is 1. The van der Waals surface area contributed by atoms with E-state index in [1.54, 1.807) is 38.5 Å². The van der Waals surface area contributed by atoms with Crippen LogP contribution < -0.4 is 4.90 Å². The van der Waals surface area contributed by atoms with Crippen LogP contribution in [0.15, 0.2) is 24.5 Å². The summed E-state index contributed by atoms with van der Waals surface area (Å²) in [5, 5.41) is -0.502. The fourth-order valence-electron chi connectivity index (χ4n) is 0.962. The van der Waals surface area contributed by atoms with Gasteiger partial charge < -0.3 is 4.90 Å². The summed E-state index contributed by atoms with van der Waals surface area (Å²) >= 11 is 5.67. The highest BCUT2D eigenvalue weighted by molar-refractivity contribution is 6.32. The first-order chi connectivity index (χ1) is 6.13. The van der Waals surface area contributed by atoms with Crippen molar-refractivity contribution in [1.82, 2.24) is 4.98 Å². The standard InChI is InChI=1S/C9H11ClN2O/c1-7(10)9(13)12(2)8-3-5-11-6-4-8/h3-7H,1-2H3.